The lowest BCUT2D eigenvalue weighted by Gasteiger charge is -2.49. The first-order chi connectivity index (χ1) is 15.0. The zero-order valence-corrected chi connectivity index (χ0v) is 21.1. The van der Waals surface area contributed by atoms with E-state index >= 15 is 0 Å². The molecule has 3 aliphatic rings. The van der Waals surface area contributed by atoms with Crippen molar-refractivity contribution in [2.75, 3.05) is 0 Å². The van der Waals surface area contributed by atoms with Crippen molar-refractivity contribution >= 4 is 12.1 Å². The number of ketones is 1. The number of fused-ring (bicyclic) bond motifs is 1. The number of aliphatic hydroxyl groups excluding tert-OH is 2. The standard InChI is InChI=1S/C28H46O4/c1-17(2)18(3)7-8-19(4)22-9-10-23(27(22,5)13-14-29)21-16-25(31)24-15-20(30)11-12-28(24,6)26(21)32/h14,16-20,22-25,30-31H,7-13,15H2,1-6H3/t18-,19+,20-,22+,23-,24+,25-,27+,28-/m0/s1. The summed E-state index contributed by atoms with van der Waals surface area (Å²) >= 11 is 0. The fraction of sp³-hybridized carbons (Fsp3) is 0.857. The predicted octanol–water partition coefficient (Wildman–Crippen LogP) is 5.35. The number of aldehydes is 1. The minimum absolute atomic E-state index is 0.0226. The largest absolute Gasteiger partial charge is 0.393 e. The van der Waals surface area contributed by atoms with Crippen molar-refractivity contribution < 1.29 is 19.8 Å². The van der Waals surface area contributed by atoms with Gasteiger partial charge in [0.15, 0.2) is 5.78 Å². The van der Waals surface area contributed by atoms with E-state index < -0.39 is 17.6 Å². The first kappa shape index (κ1) is 25.6. The first-order valence-electron chi connectivity index (χ1n) is 13.0. The summed E-state index contributed by atoms with van der Waals surface area (Å²) in [6, 6.07) is 0. The molecule has 9 atom stereocenters. The van der Waals surface area contributed by atoms with E-state index in [0.29, 0.717) is 49.4 Å². The molecule has 0 aromatic heterocycles. The highest BCUT2D eigenvalue weighted by atomic mass is 16.3. The molecule has 182 valence electrons. The maximum absolute atomic E-state index is 13.8. The Bertz CT molecular complexity index is 727. The Morgan fingerprint density at radius 1 is 1.09 bits per heavy atom. The van der Waals surface area contributed by atoms with E-state index in [0.717, 1.165) is 31.1 Å². The zero-order valence-electron chi connectivity index (χ0n) is 21.1. The summed E-state index contributed by atoms with van der Waals surface area (Å²) in [4.78, 5) is 25.6. The number of rotatable bonds is 8. The SMILES string of the molecule is CC(C)[C@@H](C)CC[C@@H](C)[C@H]1CC[C@@H](C2=C[C@H](O)[C@H]3C[C@@H](O)CC[C@]3(C)C2=O)[C@]1(C)CC=O. The maximum Gasteiger partial charge on any atom is 0.165 e. The Balaban J connectivity index is 1.86. The third kappa shape index (κ3) is 4.51. The summed E-state index contributed by atoms with van der Waals surface area (Å²) in [5, 5.41) is 21.1. The van der Waals surface area contributed by atoms with Gasteiger partial charge in [0.1, 0.15) is 6.29 Å². The fourth-order valence-electron chi connectivity index (χ4n) is 7.34. The van der Waals surface area contributed by atoms with Crippen molar-refractivity contribution in [1.29, 1.82) is 0 Å². The third-order valence-electron chi connectivity index (χ3n) is 10.1. The summed E-state index contributed by atoms with van der Waals surface area (Å²) in [5.74, 6) is 2.23. The molecule has 2 saturated carbocycles. The van der Waals surface area contributed by atoms with Gasteiger partial charge in [-0.25, -0.2) is 0 Å². The molecule has 4 nitrogen and oxygen atoms in total. The van der Waals surface area contributed by atoms with Gasteiger partial charge in [-0.3, -0.25) is 4.79 Å². The van der Waals surface area contributed by atoms with Crippen LogP contribution in [0.1, 0.15) is 92.9 Å². The van der Waals surface area contributed by atoms with Gasteiger partial charge in [-0.05, 0) is 78.8 Å². The van der Waals surface area contributed by atoms with Crippen molar-refractivity contribution in [3.05, 3.63) is 11.6 Å². The molecular formula is C28H46O4. The predicted molar refractivity (Wildman–Crippen MR) is 128 cm³/mol. The van der Waals surface area contributed by atoms with Crippen molar-refractivity contribution in [3.8, 4) is 0 Å². The molecule has 2 fully saturated rings. The Kier molecular flexibility index (Phi) is 7.77. The van der Waals surface area contributed by atoms with Gasteiger partial charge in [0, 0.05) is 17.8 Å². The third-order valence-corrected chi connectivity index (χ3v) is 10.1. The zero-order chi connectivity index (χ0) is 23.8. The van der Waals surface area contributed by atoms with Crippen LogP contribution < -0.4 is 0 Å². The van der Waals surface area contributed by atoms with Crippen LogP contribution in [0, 0.1) is 46.3 Å². The van der Waals surface area contributed by atoms with Gasteiger partial charge in [-0.2, -0.15) is 0 Å². The lowest BCUT2D eigenvalue weighted by atomic mass is 9.55. The molecule has 0 aromatic rings. The van der Waals surface area contributed by atoms with E-state index in [1.54, 1.807) is 6.08 Å². The van der Waals surface area contributed by atoms with Gasteiger partial charge in [0.25, 0.3) is 0 Å². The number of carbonyl (C=O) groups excluding carboxylic acids is 2. The molecule has 0 aliphatic heterocycles. The smallest absolute Gasteiger partial charge is 0.165 e. The van der Waals surface area contributed by atoms with E-state index in [-0.39, 0.29) is 23.0 Å². The van der Waals surface area contributed by atoms with Crippen LogP contribution >= 0.6 is 0 Å². The summed E-state index contributed by atoms with van der Waals surface area (Å²) in [6.07, 6.45) is 8.18. The summed E-state index contributed by atoms with van der Waals surface area (Å²) in [5.41, 5.74) is -0.0931. The Hall–Kier alpha value is -1.00. The van der Waals surface area contributed by atoms with E-state index in [4.69, 9.17) is 0 Å². The molecule has 0 saturated heterocycles. The lowest BCUT2D eigenvalue weighted by molar-refractivity contribution is -0.138. The van der Waals surface area contributed by atoms with Crippen molar-refractivity contribution in [1.82, 2.24) is 0 Å². The van der Waals surface area contributed by atoms with Gasteiger partial charge >= 0.3 is 0 Å². The second kappa shape index (κ2) is 9.70. The average Bonchev–Trinajstić information content (AvgIpc) is 3.07. The van der Waals surface area contributed by atoms with E-state index in [2.05, 4.69) is 34.6 Å². The molecule has 0 spiro atoms. The highest BCUT2D eigenvalue weighted by Gasteiger charge is 2.56. The number of hydrogen-bond acceptors (Lipinski definition) is 4. The number of allylic oxidation sites excluding steroid dienone is 1. The van der Waals surface area contributed by atoms with Crippen LogP contribution in [0.5, 0.6) is 0 Å². The Labute approximate surface area is 195 Å². The van der Waals surface area contributed by atoms with Gasteiger partial charge < -0.3 is 15.0 Å². The minimum Gasteiger partial charge on any atom is -0.393 e. The number of Topliss-reactive ketones (excluding diaryl/α,β-unsaturated/α-hetero) is 1. The summed E-state index contributed by atoms with van der Waals surface area (Å²) < 4.78 is 0. The van der Waals surface area contributed by atoms with Crippen molar-refractivity contribution in [2.45, 2.75) is 105 Å². The quantitative estimate of drug-likeness (QED) is 0.493. The lowest BCUT2D eigenvalue weighted by Crippen LogP contribution is -2.52. The Morgan fingerprint density at radius 2 is 1.78 bits per heavy atom. The molecule has 0 radical (unpaired) electrons. The molecule has 4 heteroatoms. The summed E-state index contributed by atoms with van der Waals surface area (Å²) in [6.45, 7) is 13.4. The van der Waals surface area contributed by atoms with Crippen LogP contribution in [-0.2, 0) is 9.59 Å². The fourth-order valence-corrected chi connectivity index (χ4v) is 7.34. The number of aliphatic hydroxyl groups is 2. The van der Waals surface area contributed by atoms with Gasteiger partial charge in [0.2, 0.25) is 0 Å². The topological polar surface area (TPSA) is 74.6 Å². The molecular weight excluding hydrogens is 400 g/mol. The van der Waals surface area contributed by atoms with Crippen LogP contribution in [0.2, 0.25) is 0 Å². The first-order valence-corrected chi connectivity index (χ1v) is 13.0. The molecule has 0 aromatic carbocycles. The molecule has 3 rings (SSSR count). The van der Waals surface area contributed by atoms with Crippen LogP contribution in [-0.4, -0.2) is 34.5 Å². The second-order valence-electron chi connectivity index (χ2n) is 12.3. The average molecular weight is 447 g/mol. The molecule has 2 N–H and O–H groups in total. The maximum atomic E-state index is 13.8. The highest BCUT2D eigenvalue weighted by Crippen LogP contribution is 2.59. The van der Waals surface area contributed by atoms with Gasteiger partial charge in [-0.15, -0.1) is 0 Å². The Morgan fingerprint density at radius 3 is 2.41 bits per heavy atom. The normalized spacial score (nSPS) is 41.8. The van der Waals surface area contributed by atoms with Gasteiger partial charge in [-0.1, -0.05) is 54.4 Å². The molecule has 3 aliphatic carbocycles. The van der Waals surface area contributed by atoms with Crippen LogP contribution in [0.3, 0.4) is 0 Å². The van der Waals surface area contributed by atoms with Gasteiger partial charge in [0.05, 0.1) is 12.2 Å². The minimum atomic E-state index is -0.702. The van der Waals surface area contributed by atoms with E-state index in [9.17, 15) is 19.8 Å². The van der Waals surface area contributed by atoms with Crippen LogP contribution in [0.4, 0.5) is 0 Å². The molecule has 0 bridgehead atoms. The number of carbonyl (C=O) groups is 2. The summed E-state index contributed by atoms with van der Waals surface area (Å²) in [7, 11) is 0. The molecule has 0 heterocycles. The molecule has 0 unspecified atom stereocenters. The van der Waals surface area contributed by atoms with Crippen molar-refractivity contribution in [2.24, 2.45) is 46.3 Å². The molecule has 0 amide bonds. The number of hydrogen-bond donors (Lipinski definition) is 2. The molecule has 32 heavy (non-hydrogen) atoms. The monoisotopic (exact) mass is 446 g/mol. The van der Waals surface area contributed by atoms with E-state index in [1.165, 1.54) is 6.42 Å². The van der Waals surface area contributed by atoms with E-state index in [1.807, 2.05) is 6.92 Å². The highest BCUT2D eigenvalue weighted by molar-refractivity contribution is 6.01. The van der Waals surface area contributed by atoms with Crippen LogP contribution in [0.25, 0.3) is 0 Å². The van der Waals surface area contributed by atoms with Crippen molar-refractivity contribution in [3.63, 3.8) is 0 Å². The van der Waals surface area contributed by atoms with Crippen LogP contribution in [0.15, 0.2) is 11.6 Å². The second-order valence-corrected chi connectivity index (χ2v) is 12.3.